The Bertz CT molecular complexity index is 859. The zero-order valence-corrected chi connectivity index (χ0v) is 17.8. The van der Waals surface area contributed by atoms with Crippen LogP contribution in [0.5, 0.6) is 5.75 Å². The molecule has 0 radical (unpaired) electrons. The number of nitrogens with one attached hydrogen (secondary N) is 1. The molecule has 0 heterocycles. The summed E-state index contributed by atoms with van der Waals surface area (Å²) in [5.41, 5.74) is 3.03. The normalized spacial score (nSPS) is 13.0. The summed E-state index contributed by atoms with van der Waals surface area (Å²) in [6.45, 7) is 8.03. The average molecular weight is 394 g/mol. The fraction of sp³-hybridized carbons (Fsp3) is 0.400. The van der Waals surface area contributed by atoms with Crippen LogP contribution in [-0.4, -0.2) is 21.8 Å². The van der Waals surface area contributed by atoms with E-state index in [0.29, 0.717) is 0 Å². The summed E-state index contributed by atoms with van der Waals surface area (Å²) in [6.07, 6.45) is 1.96. The number of rotatable bonds is 7. The van der Waals surface area contributed by atoms with E-state index in [0.717, 1.165) is 27.3 Å². The molecule has 1 atom stereocenters. The summed E-state index contributed by atoms with van der Waals surface area (Å²) >= 11 is 1.58. The van der Waals surface area contributed by atoms with Crippen LogP contribution in [0.4, 0.5) is 0 Å². The van der Waals surface area contributed by atoms with E-state index in [1.54, 1.807) is 31.0 Å². The molecule has 0 bridgehead atoms. The second-order valence-corrected chi connectivity index (χ2v) is 9.22. The third-order valence-corrected chi connectivity index (χ3v) is 6.71. The Hall–Kier alpha value is -1.50. The molecule has 4 nitrogen and oxygen atoms in total. The van der Waals surface area contributed by atoms with Crippen molar-refractivity contribution >= 4 is 21.8 Å². The minimum Gasteiger partial charge on any atom is -0.496 e. The van der Waals surface area contributed by atoms with Gasteiger partial charge in [-0.15, -0.1) is 11.8 Å². The number of hydrogen-bond acceptors (Lipinski definition) is 4. The van der Waals surface area contributed by atoms with E-state index < -0.39 is 10.0 Å². The Morgan fingerprint density at radius 2 is 1.65 bits per heavy atom. The van der Waals surface area contributed by atoms with Crippen molar-refractivity contribution in [3.8, 4) is 5.75 Å². The third-order valence-electron chi connectivity index (χ3n) is 4.41. The number of hydrogen-bond donors (Lipinski definition) is 1. The molecule has 6 heteroatoms. The smallest absolute Gasteiger partial charge is 0.241 e. The minimum absolute atomic E-state index is 0.275. The van der Waals surface area contributed by atoms with E-state index >= 15 is 0 Å². The topological polar surface area (TPSA) is 55.4 Å². The van der Waals surface area contributed by atoms with Crippen molar-refractivity contribution in [1.29, 1.82) is 0 Å². The highest BCUT2D eigenvalue weighted by molar-refractivity contribution is 7.98. The molecule has 2 rings (SSSR count). The van der Waals surface area contributed by atoms with Crippen LogP contribution in [0.2, 0.25) is 0 Å². The Kier molecular flexibility index (Phi) is 6.77. The highest BCUT2D eigenvalue weighted by Gasteiger charge is 2.21. The molecule has 0 spiro atoms. The Morgan fingerprint density at radius 3 is 2.15 bits per heavy atom. The van der Waals surface area contributed by atoms with Crippen molar-refractivity contribution in [2.24, 2.45) is 0 Å². The van der Waals surface area contributed by atoms with Crippen molar-refractivity contribution in [2.45, 2.75) is 49.4 Å². The molecule has 0 aliphatic carbocycles. The number of aryl methyl sites for hydroxylation is 1. The SMILES string of the molecule is COc1cc(C)c(C(C)NS(=O)(=O)c2ccc(SC)cc2)cc1C(C)C. The molecule has 1 unspecified atom stereocenters. The van der Waals surface area contributed by atoms with E-state index in [2.05, 4.69) is 18.6 Å². The molecule has 0 aromatic heterocycles. The lowest BCUT2D eigenvalue weighted by atomic mass is 9.94. The van der Waals surface area contributed by atoms with Crippen LogP contribution >= 0.6 is 11.8 Å². The Morgan fingerprint density at radius 1 is 1.04 bits per heavy atom. The summed E-state index contributed by atoms with van der Waals surface area (Å²) in [5.74, 6) is 1.12. The van der Waals surface area contributed by atoms with Gasteiger partial charge in [-0.1, -0.05) is 13.8 Å². The van der Waals surface area contributed by atoms with Crippen LogP contribution in [0.15, 0.2) is 46.2 Å². The molecule has 0 amide bonds. The van der Waals surface area contributed by atoms with Crippen LogP contribution in [-0.2, 0) is 10.0 Å². The minimum atomic E-state index is -3.59. The van der Waals surface area contributed by atoms with E-state index in [-0.39, 0.29) is 16.9 Å². The fourth-order valence-electron chi connectivity index (χ4n) is 2.93. The largest absolute Gasteiger partial charge is 0.496 e. The zero-order chi connectivity index (χ0) is 19.5. The quantitative estimate of drug-likeness (QED) is 0.681. The highest BCUT2D eigenvalue weighted by Crippen LogP contribution is 2.32. The lowest BCUT2D eigenvalue weighted by Gasteiger charge is -2.21. The van der Waals surface area contributed by atoms with E-state index in [1.807, 2.05) is 44.4 Å². The van der Waals surface area contributed by atoms with Gasteiger partial charge < -0.3 is 4.74 Å². The van der Waals surface area contributed by atoms with Crippen molar-refractivity contribution in [3.63, 3.8) is 0 Å². The van der Waals surface area contributed by atoms with Gasteiger partial charge in [0.05, 0.1) is 12.0 Å². The van der Waals surface area contributed by atoms with Gasteiger partial charge in [0.25, 0.3) is 0 Å². The first-order chi connectivity index (χ1) is 12.2. The van der Waals surface area contributed by atoms with Crippen LogP contribution in [0, 0.1) is 6.92 Å². The predicted octanol–water partition coefficient (Wildman–Crippen LogP) is 4.89. The van der Waals surface area contributed by atoms with Crippen molar-refractivity contribution in [1.82, 2.24) is 4.72 Å². The van der Waals surface area contributed by atoms with Crippen LogP contribution in [0.1, 0.15) is 49.4 Å². The van der Waals surface area contributed by atoms with Crippen LogP contribution in [0.3, 0.4) is 0 Å². The second kappa shape index (κ2) is 8.46. The molecular weight excluding hydrogens is 366 g/mol. The average Bonchev–Trinajstić information content (AvgIpc) is 2.60. The van der Waals surface area contributed by atoms with E-state index in [9.17, 15) is 8.42 Å². The lowest BCUT2D eigenvalue weighted by Crippen LogP contribution is -2.27. The van der Waals surface area contributed by atoms with Crippen molar-refractivity contribution < 1.29 is 13.2 Å². The molecule has 2 aromatic carbocycles. The molecule has 0 aliphatic rings. The third kappa shape index (κ3) is 4.61. The Balaban J connectivity index is 2.33. The maximum atomic E-state index is 12.7. The molecule has 1 N–H and O–H groups in total. The zero-order valence-electron chi connectivity index (χ0n) is 16.2. The monoisotopic (exact) mass is 393 g/mol. The first kappa shape index (κ1) is 20.8. The lowest BCUT2D eigenvalue weighted by molar-refractivity contribution is 0.406. The van der Waals surface area contributed by atoms with E-state index in [4.69, 9.17) is 4.74 Å². The van der Waals surface area contributed by atoms with Gasteiger partial charge in [-0.2, -0.15) is 0 Å². The fourth-order valence-corrected chi connectivity index (χ4v) is 4.56. The summed E-state index contributed by atoms with van der Waals surface area (Å²) in [6, 6.07) is 10.6. The van der Waals surface area contributed by atoms with Gasteiger partial charge >= 0.3 is 0 Å². The van der Waals surface area contributed by atoms with Crippen molar-refractivity contribution in [2.75, 3.05) is 13.4 Å². The van der Waals surface area contributed by atoms with E-state index in [1.165, 1.54) is 0 Å². The molecule has 0 saturated heterocycles. The van der Waals surface area contributed by atoms with Gasteiger partial charge in [-0.25, -0.2) is 13.1 Å². The number of sulfonamides is 1. The molecule has 26 heavy (non-hydrogen) atoms. The molecule has 0 fully saturated rings. The van der Waals surface area contributed by atoms with Gasteiger partial charge in [0, 0.05) is 10.9 Å². The summed E-state index contributed by atoms with van der Waals surface area (Å²) < 4.78 is 33.7. The first-order valence-corrected chi connectivity index (χ1v) is 11.2. The van der Waals surface area contributed by atoms with Gasteiger partial charge in [0.1, 0.15) is 5.75 Å². The second-order valence-electron chi connectivity index (χ2n) is 6.62. The number of ether oxygens (including phenoxy) is 1. The van der Waals surface area contributed by atoms with Crippen molar-refractivity contribution in [3.05, 3.63) is 53.1 Å². The Labute approximate surface area is 161 Å². The van der Waals surface area contributed by atoms with Gasteiger partial charge in [0.2, 0.25) is 10.0 Å². The van der Waals surface area contributed by atoms with Crippen LogP contribution < -0.4 is 9.46 Å². The first-order valence-electron chi connectivity index (χ1n) is 8.54. The molecular formula is C20H27NO3S2. The molecule has 2 aromatic rings. The maximum absolute atomic E-state index is 12.7. The highest BCUT2D eigenvalue weighted by atomic mass is 32.2. The van der Waals surface area contributed by atoms with Gasteiger partial charge in [-0.05, 0) is 79.1 Å². The number of thioether (sulfide) groups is 1. The molecule has 0 saturated carbocycles. The number of methoxy groups -OCH3 is 1. The van der Waals surface area contributed by atoms with Crippen LogP contribution in [0.25, 0.3) is 0 Å². The predicted molar refractivity (Wildman–Crippen MR) is 109 cm³/mol. The molecule has 0 aliphatic heterocycles. The maximum Gasteiger partial charge on any atom is 0.241 e. The molecule has 142 valence electrons. The summed E-state index contributed by atoms with van der Waals surface area (Å²) in [5, 5.41) is 0. The standard InChI is InChI=1S/C20H27NO3S2/c1-13(2)18-12-19(14(3)11-20(18)24-5)15(4)21-26(22,23)17-9-7-16(25-6)8-10-17/h7-13,15,21H,1-6H3. The van der Waals surface area contributed by atoms with Gasteiger partial charge in [-0.3, -0.25) is 0 Å². The van der Waals surface area contributed by atoms with Gasteiger partial charge in [0.15, 0.2) is 0 Å². The summed E-state index contributed by atoms with van der Waals surface area (Å²) in [7, 11) is -1.93. The number of benzene rings is 2. The summed E-state index contributed by atoms with van der Waals surface area (Å²) in [4.78, 5) is 1.31.